The van der Waals surface area contributed by atoms with Gasteiger partial charge < -0.3 is 20.4 Å². The molecule has 0 aromatic heterocycles. The number of nitrogens with one attached hydrogen (secondary N) is 2. The molecule has 18 heavy (non-hydrogen) atoms. The summed E-state index contributed by atoms with van der Waals surface area (Å²) in [5.41, 5.74) is 0. The normalized spacial score (nSPS) is 26.4. The van der Waals surface area contributed by atoms with Crippen LogP contribution in [0.3, 0.4) is 0 Å². The number of amides is 1. The average molecular weight is 254 g/mol. The number of carbonyl (C=O) groups is 1. The summed E-state index contributed by atoms with van der Waals surface area (Å²) in [6, 6.07) is 0.0636. The maximum atomic E-state index is 11.7. The van der Waals surface area contributed by atoms with Gasteiger partial charge >= 0.3 is 0 Å². The van der Waals surface area contributed by atoms with E-state index in [0.29, 0.717) is 0 Å². The van der Waals surface area contributed by atoms with E-state index in [4.69, 9.17) is 0 Å². The molecule has 0 bridgehead atoms. The highest BCUT2D eigenvalue weighted by molar-refractivity contribution is 5.81. The molecule has 1 unspecified atom stereocenters. The van der Waals surface area contributed by atoms with Crippen molar-refractivity contribution < 1.29 is 4.79 Å². The molecule has 2 fully saturated rings. The molecular weight excluding hydrogens is 228 g/mol. The average Bonchev–Trinajstić information content (AvgIpc) is 2.90. The SMILES string of the molecule is CN1CCN(CCCNC(=O)C2CCCN2)CC1. The first-order valence-corrected chi connectivity index (χ1v) is 7.18. The summed E-state index contributed by atoms with van der Waals surface area (Å²) in [6.07, 6.45) is 3.17. The number of nitrogens with zero attached hydrogens (tertiary/aromatic N) is 2. The topological polar surface area (TPSA) is 47.6 Å². The van der Waals surface area contributed by atoms with Crippen LogP contribution in [0.15, 0.2) is 0 Å². The van der Waals surface area contributed by atoms with Crippen molar-refractivity contribution in [2.24, 2.45) is 0 Å². The van der Waals surface area contributed by atoms with Crippen molar-refractivity contribution in [2.75, 3.05) is 52.9 Å². The molecule has 0 radical (unpaired) electrons. The molecule has 2 heterocycles. The van der Waals surface area contributed by atoms with Crippen LogP contribution in [0.1, 0.15) is 19.3 Å². The van der Waals surface area contributed by atoms with Crippen LogP contribution in [-0.2, 0) is 4.79 Å². The fourth-order valence-corrected chi connectivity index (χ4v) is 2.62. The third-order valence-electron chi connectivity index (χ3n) is 3.92. The number of likely N-dealkylation sites (N-methyl/N-ethyl adjacent to an activating group) is 1. The van der Waals surface area contributed by atoms with E-state index in [9.17, 15) is 4.79 Å². The molecule has 0 spiro atoms. The largest absolute Gasteiger partial charge is 0.355 e. The molecule has 2 N–H and O–H groups in total. The molecule has 1 atom stereocenters. The smallest absolute Gasteiger partial charge is 0.237 e. The van der Waals surface area contributed by atoms with E-state index < -0.39 is 0 Å². The van der Waals surface area contributed by atoms with Gasteiger partial charge in [-0.1, -0.05) is 0 Å². The first-order valence-electron chi connectivity index (χ1n) is 7.18. The van der Waals surface area contributed by atoms with Crippen LogP contribution in [0.2, 0.25) is 0 Å². The zero-order chi connectivity index (χ0) is 12.8. The van der Waals surface area contributed by atoms with E-state index in [1.807, 2.05) is 0 Å². The van der Waals surface area contributed by atoms with E-state index in [-0.39, 0.29) is 11.9 Å². The lowest BCUT2D eigenvalue weighted by atomic mass is 10.2. The number of hydrogen-bond donors (Lipinski definition) is 2. The van der Waals surface area contributed by atoms with Gasteiger partial charge in [-0.15, -0.1) is 0 Å². The minimum Gasteiger partial charge on any atom is -0.355 e. The standard InChI is InChI=1S/C13H26N4O/c1-16-8-10-17(11-9-16)7-3-6-15-13(18)12-4-2-5-14-12/h12,14H,2-11H2,1H3,(H,15,18). The highest BCUT2D eigenvalue weighted by atomic mass is 16.2. The van der Waals surface area contributed by atoms with Crippen LogP contribution < -0.4 is 10.6 Å². The van der Waals surface area contributed by atoms with Crippen molar-refractivity contribution in [2.45, 2.75) is 25.3 Å². The van der Waals surface area contributed by atoms with Crippen LogP contribution in [0.5, 0.6) is 0 Å². The Hall–Kier alpha value is -0.650. The molecule has 5 heteroatoms. The number of carbonyl (C=O) groups excluding carboxylic acids is 1. The molecule has 5 nitrogen and oxygen atoms in total. The predicted octanol–water partition coefficient (Wildman–Crippen LogP) is -0.508. The van der Waals surface area contributed by atoms with Gasteiger partial charge in [0.1, 0.15) is 0 Å². The van der Waals surface area contributed by atoms with E-state index in [1.165, 1.54) is 13.1 Å². The van der Waals surface area contributed by atoms with Gasteiger partial charge in [-0.05, 0) is 39.4 Å². The van der Waals surface area contributed by atoms with Gasteiger partial charge in [0.2, 0.25) is 5.91 Å². The molecule has 2 rings (SSSR count). The van der Waals surface area contributed by atoms with Crippen LogP contribution in [0.4, 0.5) is 0 Å². The lowest BCUT2D eigenvalue weighted by Crippen LogP contribution is -2.45. The van der Waals surface area contributed by atoms with Crippen LogP contribution >= 0.6 is 0 Å². The molecule has 2 saturated heterocycles. The second-order valence-electron chi connectivity index (χ2n) is 5.44. The van der Waals surface area contributed by atoms with Crippen LogP contribution in [0.25, 0.3) is 0 Å². The molecule has 0 saturated carbocycles. The van der Waals surface area contributed by atoms with Crippen molar-refractivity contribution >= 4 is 5.91 Å². The maximum absolute atomic E-state index is 11.7. The fraction of sp³-hybridized carbons (Fsp3) is 0.923. The Kier molecular flexibility index (Phi) is 5.41. The summed E-state index contributed by atoms with van der Waals surface area (Å²) in [5, 5.41) is 6.26. The second-order valence-corrected chi connectivity index (χ2v) is 5.44. The Morgan fingerprint density at radius 3 is 2.78 bits per heavy atom. The van der Waals surface area contributed by atoms with Gasteiger partial charge in [-0.3, -0.25) is 4.79 Å². The first-order chi connectivity index (χ1) is 8.75. The van der Waals surface area contributed by atoms with E-state index >= 15 is 0 Å². The molecule has 2 aliphatic heterocycles. The first kappa shape index (κ1) is 13.8. The highest BCUT2D eigenvalue weighted by Gasteiger charge is 2.21. The molecule has 2 aliphatic rings. The zero-order valence-electron chi connectivity index (χ0n) is 11.5. The van der Waals surface area contributed by atoms with Gasteiger partial charge in [0.05, 0.1) is 6.04 Å². The minimum absolute atomic E-state index is 0.0636. The molecule has 0 aliphatic carbocycles. The molecule has 104 valence electrons. The van der Waals surface area contributed by atoms with Crippen molar-refractivity contribution in [1.82, 2.24) is 20.4 Å². The fourth-order valence-electron chi connectivity index (χ4n) is 2.62. The van der Waals surface area contributed by atoms with Gasteiger partial charge in [0.15, 0.2) is 0 Å². The summed E-state index contributed by atoms with van der Waals surface area (Å²) in [7, 11) is 2.17. The Morgan fingerprint density at radius 2 is 2.11 bits per heavy atom. The molecule has 1 amide bonds. The molecular formula is C13H26N4O. The summed E-state index contributed by atoms with van der Waals surface area (Å²) in [4.78, 5) is 16.6. The molecule has 0 aromatic rings. The third-order valence-corrected chi connectivity index (χ3v) is 3.92. The Bertz CT molecular complexity index is 258. The summed E-state index contributed by atoms with van der Waals surface area (Å²) < 4.78 is 0. The lowest BCUT2D eigenvalue weighted by molar-refractivity contribution is -0.122. The van der Waals surface area contributed by atoms with Crippen molar-refractivity contribution in [3.63, 3.8) is 0 Å². The predicted molar refractivity (Wildman–Crippen MR) is 72.6 cm³/mol. The van der Waals surface area contributed by atoms with E-state index in [1.54, 1.807) is 0 Å². The van der Waals surface area contributed by atoms with Crippen molar-refractivity contribution in [3.8, 4) is 0 Å². The number of rotatable bonds is 5. The monoisotopic (exact) mass is 254 g/mol. The summed E-state index contributed by atoms with van der Waals surface area (Å²) in [6.45, 7) is 7.55. The zero-order valence-corrected chi connectivity index (χ0v) is 11.5. The van der Waals surface area contributed by atoms with Crippen LogP contribution in [0, 0.1) is 0 Å². The summed E-state index contributed by atoms with van der Waals surface area (Å²) >= 11 is 0. The Balaban J connectivity index is 1.51. The molecule has 0 aromatic carbocycles. The quantitative estimate of drug-likeness (QED) is 0.649. The minimum atomic E-state index is 0.0636. The van der Waals surface area contributed by atoms with Crippen LogP contribution in [-0.4, -0.2) is 74.6 Å². The van der Waals surface area contributed by atoms with Gasteiger partial charge in [-0.2, -0.15) is 0 Å². The van der Waals surface area contributed by atoms with E-state index in [2.05, 4.69) is 27.5 Å². The van der Waals surface area contributed by atoms with Gasteiger partial charge in [-0.25, -0.2) is 0 Å². The van der Waals surface area contributed by atoms with Crippen molar-refractivity contribution in [1.29, 1.82) is 0 Å². The lowest BCUT2D eigenvalue weighted by Gasteiger charge is -2.32. The second kappa shape index (κ2) is 7.07. The van der Waals surface area contributed by atoms with E-state index in [0.717, 1.165) is 52.0 Å². The Morgan fingerprint density at radius 1 is 1.33 bits per heavy atom. The maximum Gasteiger partial charge on any atom is 0.237 e. The number of piperazine rings is 1. The Labute approximate surface area is 110 Å². The highest BCUT2D eigenvalue weighted by Crippen LogP contribution is 2.04. The summed E-state index contributed by atoms with van der Waals surface area (Å²) in [5.74, 6) is 0.186. The van der Waals surface area contributed by atoms with Gasteiger partial charge in [0.25, 0.3) is 0 Å². The van der Waals surface area contributed by atoms with Crippen molar-refractivity contribution in [3.05, 3.63) is 0 Å². The number of hydrogen-bond acceptors (Lipinski definition) is 4. The third kappa shape index (κ3) is 4.23. The van der Waals surface area contributed by atoms with Gasteiger partial charge in [0, 0.05) is 32.7 Å².